The van der Waals surface area contributed by atoms with Crippen molar-refractivity contribution in [3.05, 3.63) is 34.9 Å². The first-order valence-corrected chi connectivity index (χ1v) is 7.19. The van der Waals surface area contributed by atoms with E-state index in [9.17, 15) is 9.59 Å². The van der Waals surface area contributed by atoms with E-state index < -0.39 is 0 Å². The average molecular weight is 326 g/mol. The molecule has 1 fully saturated rings. The van der Waals surface area contributed by atoms with Crippen LogP contribution >= 0.6 is 12.4 Å². The molecule has 1 aliphatic rings. The van der Waals surface area contributed by atoms with Crippen molar-refractivity contribution in [1.29, 1.82) is 0 Å². The molecule has 7 nitrogen and oxygen atoms in total. The lowest BCUT2D eigenvalue weighted by atomic mass is 9.95. The van der Waals surface area contributed by atoms with E-state index >= 15 is 0 Å². The minimum Gasteiger partial charge on any atom is -0.351 e. The van der Waals surface area contributed by atoms with E-state index in [1.54, 1.807) is 18.3 Å². The fourth-order valence-corrected chi connectivity index (χ4v) is 2.69. The lowest BCUT2D eigenvalue weighted by Crippen LogP contribution is -2.49. The first-order valence-electron chi connectivity index (χ1n) is 7.19. The lowest BCUT2D eigenvalue weighted by molar-refractivity contribution is -0.123. The molecule has 8 heteroatoms. The minimum absolute atomic E-state index is 0. The van der Waals surface area contributed by atoms with Crippen LogP contribution in [0.15, 0.2) is 29.2 Å². The molecule has 1 aliphatic heterocycles. The molecular formula is C14H20ClN5O2. The number of carbonyl (C=O) groups excluding carboxylic acids is 1. The standard InChI is InChI=1S/C14H19N5O2.ClH/c1-10-8-15-6-5-11(10)16-13(20)9-19-14(21)18-7-3-2-4-12(18)17-19;/h2-4,7,10-11,15H,5-6,8-9H2,1H3,(H,16,20);1H. The summed E-state index contributed by atoms with van der Waals surface area (Å²) < 4.78 is 2.64. The van der Waals surface area contributed by atoms with Crippen molar-refractivity contribution in [2.45, 2.75) is 25.9 Å². The number of carbonyl (C=O) groups is 1. The van der Waals surface area contributed by atoms with E-state index in [1.165, 1.54) is 9.08 Å². The zero-order valence-corrected chi connectivity index (χ0v) is 13.2. The van der Waals surface area contributed by atoms with Crippen molar-refractivity contribution in [3.8, 4) is 0 Å². The Bertz CT molecular complexity index is 711. The molecule has 22 heavy (non-hydrogen) atoms. The van der Waals surface area contributed by atoms with E-state index in [2.05, 4.69) is 22.7 Å². The number of piperidine rings is 1. The molecule has 2 unspecified atom stereocenters. The second-order valence-electron chi connectivity index (χ2n) is 5.51. The van der Waals surface area contributed by atoms with Gasteiger partial charge in [-0.05, 0) is 37.6 Å². The highest BCUT2D eigenvalue weighted by Gasteiger charge is 2.23. The Morgan fingerprint density at radius 2 is 2.32 bits per heavy atom. The Kier molecular flexibility index (Phi) is 5.20. The van der Waals surface area contributed by atoms with E-state index in [-0.39, 0.29) is 36.6 Å². The highest BCUT2D eigenvalue weighted by Crippen LogP contribution is 2.10. The number of rotatable bonds is 3. The van der Waals surface area contributed by atoms with Crippen LogP contribution in [-0.2, 0) is 11.3 Å². The van der Waals surface area contributed by atoms with Gasteiger partial charge >= 0.3 is 5.69 Å². The van der Waals surface area contributed by atoms with Crippen LogP contribution in [0.2, 0.25) is 0 Å². The molecule has 0 radical (unpaired) electrons. The third kappa shape index (κ3) is 3.31. The van der Waals surface area contributed by atoms with Crippen molar-refractivity contribution in [1.82, 2.24) is 24.8 Å². The second kappa shape index (κ2) is 6.93. The Morgan fingerprint density at radius 1 is 1.50 bits per heavy atom. The number of pyridine rings is 1. The monoisotopic (exact) mass is 325 g/mol. The summed E-state index contributed by atoms with van der Waals surface area (Å²) in [4.78, 5) is 24.2. The van der Waals surface area contributed by atoms with Gasteiger partial charge in [-0.25, -0.2) is 9.48 Å². The Hall–Kier alpha value is -1.86. The molecule has 120 valence electrons. The van der Waals surface area contributed by atoms with Crippen molar-refractivity contribution in [3.63, 3.8) is 0 Å². The number of hydrogen-bond donors (Lipinski definition) is 2. The molecule has 3 rings (SSSR count). The van der Waals surface area contributed by atoms with E-state index in [4.69, 9.17) is 0 Å². The lowest BCUT2D eigenvalue weighted by Gasteiger charge is -2.30. The number of amides is 1. The van der Waals surface area contributed by atoms with Crippen LogP contribution in [-0.4, -0.2) is 39.2 Å². The van der Waals surface area contributed by atoms with Gasteiger partial charge in [-0.1, -0.05) is 13.0 Å². The molecule has 0 spiro atoms. The number of aromatic nitrogens is 3. The van der Waals surface area contributed by atoms with Gasteiger partial charge in [-0.15, -0.1) is 17.5 Å². The van der Waals surface area contributed by atoms with Gasteiger partial charge in [0.25, 0.3) is 0 Å². The minimum atomic E-state index is -0.292. The Morgan fingerprint density at radius 3 is 3.05 bits per heavy atom. The molecule has 1 amide bonds. The summed E-state index contributed by atoms with van der Waals surface area (Å²) in [6, 6.07) is 5.47. The van der Waals surface area contributed by atoms with Gasteiger partial charge in [0.1, 0.15) is 6.54 Å². The van der Waals surface area contributed by atoms with Gasteiger partial charge in [0.05, 0.1) is 0 Å². The molecule has 2 atom stereocenters. The van der Waals surface area contributed by atoms with Gasteiger partial charge in [-0.3, -0.25) is 9.20 Å². The van der Waals surface area contributed by atoms with Gasteiger partial charge in [-0.2, -0.15) is 0 Å². The first kappa shape index (κ1) is 16.5. The van der Waals surface area contributed by atoms with Crippen LogP contribution in [0, 0.1) is 5.92 Å². The molecule has 0 aliphatic carbocycles. The molecule has 3 heterocycles. The normalized spacial score (nSPS) is 21.3. The summed E-state index contributed by atoms with van der Waals surface area (Å²) in [5.41, 5.74) is 0.254. The second-order valence-corrected chi connectivity index (χ2v) is 5.51. The maximum absolute atomic E-state index is 12.1. The molecule has 0 bridgehead atoms. The third-order valence-electron chi connectivity index (χ3n) is 3.91. The Balaban J connectivity index is 0.00000176. The van der Waals surface area contributed by atoms with Crippen molar-refractivity contribution in [2.24, 2.45) is 5.92 Å². The highest BCUT2D eigenvalue weighted by molar-refractivity contribution is 5.85. The summed E-state index contributed by atoms with van der Waals surface area (Å²) in [5.74, 6) is 0.222. The fourth-order valence-electron chi connectivity index (χ4n) is 2.69. The topological polar surface area (TPSA) is 80.4 Å². The van der Waals surface area contributed by atoms with Crippen LogP contribution in [0.5, 0.6) is 0 Å². The largest absolute Gasteiger partial charge is 0.351 e. The molecule has 1 saturated heterocycles. The summed E-state index contributed by atoms with van der Waals surface area (Å²) in [7, 11) is 0. The molecular weight excluding hydrogens is 306 g/mol. The molecule has 2 aromatic heterocycles. The molecule has 0 aromatic carbocycles. The number of halogens is 1. The SMILES string of the molecule is CC1CNCCC1NC(=O)Cn1nc2ccccn2c1=O.Cl. The summed E-state index contributed by atoms with van der Waals surface area (Å²) in [6.07, 6.45) is 2.56. The maximum Gasteiger partial charge on any atom is 0.350 e. The zero-order chi connectivity index (χ0) is 14.8. The van der Waals surface area contributed by atoms with Crippen LogP contribution in [0.1, 0.15) is 13.3 Å². The predicted molar refractivity (Wildman–Crippen MR) is 85.3 cm³/mol. The van der Waals surface area contributed by atoms with Crippen LogP contribution < -0.4 is 16.3 Å². The molecule has 0 saturated carbocycles. The van der Waals surface area contributed by atoms with Crippen LogP contribution in [0.3, 0.4) is 0 Å². The van der Waals surface area contributed by atoms with Crippen LogP contribution in [0.25, 0.3) is 5.65 Å². The van der Waals surface area contributed by atoms with Crippen LogP contribution in [0.4, 0.5) is 0 Å². The molecule has 2 aromatic rings. The van der Waals surface area contributed by atoms with Gasteiger partial charge in [0, 0.05) is 12.2 Å². The van der Waals surface area contributed by atoms with Gasteiger partial charge in [0.15, 0.2) is 5.65 Å². The Labute approximate surface area is 134 Å². The summed E-state index contributed by atoms with van der Waals surface area (Å²) >= 11 is 0. The summed E-state index contributed by atoms with van der Waals surface area (Å²) in [6.45, 7) is 3.87. The van der Waals surface area contributed by atoms with Gasteiger partial charge in [0.2, 0.25) is 5.91 Å². The van der Waals surface area contributed by atoms with E-state index in [1.807, 2.05) is 6.07 Å². The quantitative estimate of drug-likeness (QED) is 0.834. The summed E-state index contributed by atoms with van der Waals surface area (Å²) in [5, 5.41) is 10.5. The van der Waals surface area contributed by atoms with E-state index in [0.717, 1.165) is 19.5 Å². The number of nitrogens with zero attached hydrogens (tertiary/aromatic N) is 3. The predicted octanol–water partition coefficient (Wildman–Crippen LogP) is 0.0320. The third-order valence-corrected chi connectivity index (χ3v) is 3.91. The van der Waals surface area contributed by atoms with E-state index in [0.29, 0.717) is 11.6 Å². The smallest absolute Gasteiger partial charge is 0.350 e. The number of hydrogen-bond acceptors (Lipinski definition) is 4. The highest BCUT2D eigenvalue weighted by atomic mass is 35.5. The average Bonchev–Trinajstić information content (AvgIpc) is 2.78. The molecule has 2 N–H and O–H groups in total. The maximum atomic E-state index is 12.1. The van der Waals surface area contributed by atoms with Crippen molar-refractivity contribution >= 4 is 24.0 Å². The van der Waals surface area contributed by atoms with Gasteiger partial charge < -0.3 is 10.6 Å². The number of fused-ring (bicyclic) bond motifs is 1. The first-order chi connectivity index (χ1) is 10.1. The van der Waals surface area contributed by atoms with Crippen molar-refractivity contribution in [2.75, 3.05) is 13.1 Å². The fraction of sp³-hybridized carbons (Fsp3) is 0.500. The zero-order valence-electron chi connectivity index (χ0n) is 12.4. The van der Waals surface area contributed by atoms with Crippen molar-refractivity contribution < 1.29 is 4.79 Å². The number of nitrogens with one attached hydrogen (secondary N) is 2.